The van der Waals surface area contributed by atoms with Crippen molar-refractivity contribution in [1.29, 1.82) is 0 Å². The van der Waals surface area contributed by atoms with Gasteiger partial charge in [0.25, 0.3) is 0 Å². The summed E-state index contributed by atoms with van der Waals surface area (Å²) in [5.41, 5.74) is 0. The Bertz CT molecular complexity index is 224. The Labute approximate surface area is 107 Å². The maximum Gasteiger partial charge on any atom is 0.0145 e. The molecule has 2 fully saturated rings. The van der Waals surface area contributed by atoms with Gasteiger partial charge in [-0.3, -0.25) is 4.90 Å². The number of rotatable bonds is 3. The molecule has 100 valence electrons. The molecule has 3 nitrogen and oxygen atoms in total. The molecule has 2 aliphatic rings. The molecule has 0 aromatic carbocycles. The molecule has 0 aromatic heterocycles. The lowest BCUT2D eigenvalue weighted by molar-refractivity contribution is 0.0548. The van der Waals surface area contributed by atoms with Gasteiger partial charge in [-0.25, -0.2) is 0 Å². The van der Waals surface area contributed by atoms with E-state index in [1.807, 2.05) is 0 Å². The smallest absolute Gasteiger partial charge is 0.0145 e. The van der Waals surface area contributed by atoms with Crippen LogP contribution in [0.4, 0.5) is 0 Å². The molecule has 2 atom stereocenters. The first-order valence-electron chi connectivity index (χ1n) is 7.36. The Morgan fingerprint density at radius 1 is 1.12 bits per heavy atom. The molecule has 0 saturated carbocycles. The minimum Gasteiger partial charge on any atom is -0.314 e. The number of hydrogen-bond acceptors (Lipinski definition) is 3. The van der Waals surface area contributed by atoms with Crippen molar-refractivity contribution in [2.45, 2.75) is 45.2 Å². The van der Waals surface area contributed by atoms with Crippen LogP contribution in [0, 0.1) is 5.92 Å². The van der Waals surface area contributed by atoms with Crippen molar-refractivity contribution in [3.05, 3.63) is 0 Å². The quantitative estimate of drug-likeness (QED) is 0.803. The molecule has 2 aliphatic heterocycles. The van der Waals surface area contributed by atoms with Crippen LogP contribution in [-0.4, -0.2) is 61.7 Å². The van der Waals surface area contributed by atoms with Crippen LogP contribution in [0.5, 0.6) is 0 Å². The van der Waals surface area contributed by atoms with Gasteiger partial charge >= 0.3 is 0 Å². The molecular weight excluding hydrogens is 210 g/mol. The Balaban J connectivity index is 1.80. The highest BCUT2D eigenvalue weighted by Crippen LogP contribution is 2.24. The second-order valence-electron chi connectivity index (χ2n) is 5.96. The number of hydrogen-bond donors (Lipinski definition) is 1. The molecule has 1 N–H and O–H groups in total. The summed E-state index contributed by atoms with van der Waals surface area (Å²) in [6.07, 6.45) is 4.04. The topological polar surface area (TPSA) is 18.5 Å². The Hall–Kier alpha value is -0.120. The molecule has 2 saturated heterocycles. The van der Waals surface area contributed by atoms with Gasteiger partial charge in [-0.15, -0.1) is 0 Å². The fourth-order valence-electron chi connectivity index (χ4n) is 3.61. The van der Waals surface area contributed by atoms with Gasteiger partial charge in [0, 0.05) is 18.6 Å². The van der Waals surface area contributed by atoms with Crippen molar-refractivity contribution < 1.29 is 0 Å². The van der Waals surface area contributed by atoms with Crippen molar-refractivity contribution in [2.75, 3.05) is 39.8 Å². The van der Waals surface area contributed by atoms with Gasteiger partial charge in [0.05, 0.1) is 0 Å². The van der Waals surface area contributed by atoms with Gasteiger partial charge < -0.3 is 10.2 Å². The van der Waals surface area contributed by atoms with Crippen LogP contribution in [0.2, 0.25) is 0 Å². The average molecular weight is 239 g/mol. The van der Waals surface area contributed by atoms with Gasteiger partial charge in [0.1, 0.15) is 0 Å². The standard InChI is InChI=1S/C14H29N3/c1-4-15-13-5-9-17(10-6-13)14-7-8-16(3)11-12(14)2/h12-15H,4-11H2,1-3H3. The van der Waals surface area contributed by atoms with E-state index >= 15 is 0 Å². The maximum absolute atomic E-state index is 3.59. The van der Waals surface area contributed by atoms with E-state index in [9.17, 15) is 0 Å². The second kappa shape index (κ2) is 6.17. The number of piperidine rings is 2. The summed E-state index contributed by atoms with van der Waals surface area (Å²) in [5.74, 6) is 0.837. The third-order valence-corrected chi connectivity index (χ3v) is 4.55. The van der Waals surface area contributed by atoms with Crippen molar-refractivity contribution in [3.63, 3.8) is 0 Å². The summed E-state index contributed by atoms with van der Waals surface area (Å²) in [4.78, 5) is 5.23. The molecule has 0 amide bonds. The minimum atomic E-state index is 0.776. The molecule has 3 heteroatoms. The highest BCUT2D eigenvalue weighted by atomic mass is 15.2. The molecule has 0 radical (unpaired) electrons. The lowest BCUT2D eigenvalue weighted by Crippen LogP contribution is -2.53. The van der Waals surface area contributed by atoms with Crippen molar-refractivity contribution >= 4 is 0 Å². The lowest BCUT2D eigenvalue weighted by atomic mass is 9.90. The third-order valence-electron chi connectivity index (χ3n) is 4.55. The van der Waals surface area contributed by atoms with E-state index in [4.69, 9.17) is 0 Å². The fourth-order valence-corrected chi connectivity index (χ4v) is 3.61. The molecular formula is C14H29N3. The third kappa shape index (κ3) is 3.43. The molecule has 2 rings (SSSR count). The average Bonchev–Trinajstić information content (AvgIpc) is 2.31. The molecule has 2 unspecified atom stereocenters. The van der Waals surface area contributed by atoms with Crippen LogP contribution in [0.1, 0.15) is 33.1 Å². The van der Waals surface area contributed by atoms with Gasteiger partial charge in [0.2, 0.25) is 0 Å². The van der Waals surface area contributed by atoms with E-state index in [0.29, 0.717) is 0 Å². The van der Waals surface area contributed by atoms with E-state index in [1.165, 1.54) is 45.4 Å². The first-order valence-corrected chi connectivity index (χ1v) is 7.36. The first-order chi connectivity index (χ1) is 8.20. The highest BCUT2D eigenvalue weighted by Gasteiger charge is 2.31. The van der Waals surface area contributed by atoms with Gasteiger partial charge in [0.15, 0.2) is 0 Å². The van der Waals surface area contributed by atoms with Crippen molar-refractivity contribution in [3.8, 4) is 0 Å². The predicted molar refractivity (Wildman–Crippen MR) is 73.3 cm³/mol. The molecule has 0 aliphatic carbocycles. The summed E-state index contributed by atoms with van der Waals surface area (Å²) in [6.45, 7) is 10.9. The highest BCUT2D eigenvalue weighted by molar-refractivity contribution is 4.87. The van der Waals surface area contributed by atoms with E-state index in [2.05, 4.69) is 36.0 Å². The van der Waals surface area contributed by atoms with E-state index in [0.717, 1.165) is 24.5 Å². The van der Waals surface area contributed by atoms with Crippen LogP contribution in [0.25, 0.3) is 0 Å². The zero-order chi connectivity index (χ0) is 12.3. The summed E-state index contributed by atoms with van der Waals surface area (Å²) in [7, 11) is 2.25. The Morgan fingerprint density at radius 3 is 2.41 bits per heavy atom. The second-order valence-corrected chi connectivity index (χ2v) is 5.96. The van der Waals surface area contributed by atoms with E-state index in [-0.39, 0.29) is 0 Å². The Morgan fingerprint density at radius 2 is 1.82 bits per heavy atom. The van der Waals surface area contributed by atoms with Gasteiger partial charge in [-0.05, 0) is 58.4 Å². The van der Waals surface area contributed by atoms with Crippen LogP contribution < -0.4 is 5.32 Å². The minimum absolute atomic E-state index is 0.776. The predicted octanol–water partition coefficient (Wildman–Crippen LogP) is 1.40. The monoisotopic (exact) mass is 239 g/mol. The summed E-state index contributed by atoms with van der Waals surface area (Å²) in [6, 6.07) is 1.62. The first kappa shape index (κ1) is 13.3. The van der Waals surface area contributed by atoms with E-state index < -0.39 is 0 Å². The van der Waals surface area contributed by atoms with Crippen LogP contribution in [0.3, 0.4) is 0 Å². The van der Waals surface area contributed by atoms with Crippen LogP contribution in [0.15, 0.2) is 0 Å². The van der Waals surface area contributed by atoms with Gasteiger partial charge in [-0.1, -0.05) is 13.8 Å². The zero-order valence-electron chi connectivity index (χ0n) is 11.8. The summed E-state index contributed by atoms with van der Waals surface area (Å²) >= 11 is 0. The SMILES string of the molecule is CCNC1CCN(C2CCN(C)CC2C)CC1. The summed E-state index contributed by atoms with van der Waals surface area (Å²) < 4.78 is 0. The van der Waals surface area contributed by atoms with Crippen LogP contribution >= 0.6 is 0 Å². The fraction of sp³-hybridized carbons (Fsp3) is 1.00. The molecule has 17 heavy (non-hydrogen) atoms. The Kier molecular flexibility index (Phi) is 4.83. The normalized spacial score (nSPS) is 34.1. The molecule has 2 heterocycles. The number of nitrogens with one attached hydrogen (secondary N) is 1. The maximum atomic E-state index is 3.59. The zero-order valence-corrected chi connectivity index (χ0v) is 11.8. The molecule has 0 spiro atoms. The van der Waals surface area contributed by atoms with Crippen molar-refractivity contribution in [1.82, 2.24) is 15.1 Å². The lowest BCUT2D eigenvalue weighted by Gasteiger charge is -2.44. The van der Waals surface area contributed by atoms with Gasteiger partial charge in [-0.2, -0.15) is 0 Å². The number of likely N-dealkylation sites (tertiary alicyclic amines) is 2. The van der Waals surface area contributed by atoms with Crippen LogP contribution in [-0.2, 0) is 0 Å². The van der Waals surface area contributed by atoms with E-state index in [1.54, 1.807) is 0 Å². The number of nitrogens with zero attached hydrogens (tertiary/aromatic N) is 2. The van der Waals surface area contributed by atoms with Crippen molar-refractivity contribution in [2.24, 2.45) is 5.92 Å². The largest absolute Gasteiger partial charge is 0.314 e. The molecule has 0 aromatic rings. The molecule has 0 bridgehead atoms. The summed E-state index contributed by atoms with van der Waals surface area (Å²) in [5, 5.41) is 3.59.